The second-order valence-electron chi connectivity index (χ2n) is 2.05. The van der Waals surface area contributed by atoms with Crippen molar-refractivity contribution in [3.8, 4) is 0 Å². The maximum Gasteiger partial charge on any atom is 0.0736 e. The molecule has 0 aromatic rings. The van der Waals surface area contributed by atoms with Crippen molar-refractivity contribution in [1.29, 1.82) is 0 Å². The van der Waals surface area contributed by atoms with E-state index in [4.69, 9.17) is 15.0 Å². The third-order valence-electron chi connectivity index (χ3n) is 1.08. The van der Waals surface area contributed by atoms with Crippen LogP contribution in [0.15, 0.2) is 25.3 Å². The summed E-state index contributed by atoms with van der Waals surface area (Å²) in [6, 6.07) is 0. The molecule has 0 bridgehead atoms. The van der Waals surface area contributed by atoms with Gasteiger partial charge in [-0.3, -0.25) is 10.0 Å². The van der Waals surface area contributed by atoms with Crippen LogP contribution in [0.2, 0.25) is 0 Å². The molecule has 0 radical (unpaired) electrons. The molecule has 7 nitrogen and oxygen atoms in total. The zero-order valence-electron chi connectivity index (χ0n) is 8.05. The summed E-state index contributed by atoms with van der Waals surface area (Å²) in [4.78, 5) is 14.2. The van der Waals surface area contributed by atoms with Gasteiger partial charge in [0.2, 0.25) is 0 Å². The van der Waals surface area contributed by atoms with Crippen LogP contribution in [0.5, 0.6) is 0 Å². The fraction of sp³-hybridized carbons (Fsp3) is 0.429. The van der Waals surface area contributed by atoms with Crippen molar-refractivity contribution in [1.82, 2.24) is 16.1 Å². The average molecular weight is 205 g/mol. The number of rotatable bonds is 9. The molecule has 82 valence electrons. The van der Waals surface area contributed by atoms with Crippen molar-refractivity contribution in [2.75, 3.05) is 20.2 Å². The molecular weight excluding hydrogens is 190 g/mol. The van der Waals surface area contributed by atoms with E-state index in [1.54, 1.807) is 6.08 Å². The fourth-order valence-electron chi connectivity index (χ4n) is 0.586. The summed E-state index contributed by atoms with van der Waals surface area (Å²) >= 11 is 0. The average Bonchev–Trinajstić information content (AvgIpc) is 2.18. The van der Waals surface area contributed by atoms with E-state index < -0.39 is 0 Å². The molecule has 0 aliphatic rings. The Morgan fingerprint density at radius 2 is 1.86 bits per heavy atom. The lowest BCUT2D eigenvalue weighted by Gasteiger charge is -2.23. The SMILES string of the molecule is C=CCN(OC)ON(CC=C)ONO. The molecule has 0 spiro atoms. The zero-order chi connectivity index (χ0) is 10.8. The molecule has 7 heteroatoms. The van der Waals surface area contributed by atoms with Crippen LogP contribution in [-0.2, 0) is 14.7 Å². The molecule has 0 aromatic carbocycles. The van der Waals surface area contributed by atoms with Gasteiger partial charge in [0.15, 0.2) is 0 Å². The van der Waals surface area contributed by atoms with Crippen LogP contribution < -0.4 is 5.64 Å². The van der Waals surface area contributed by atoms with Crippen LogP contribution in [0.4, 0.5) is 0 Å². The summed E-state index contributed by atoms with van der Waals surface area (Å²) < 4.78 is 0. The molecule has 14 heavy (non-hydrogen) atoms. The predicted molar refractivity (Wildman–Crippen MR) is 47.9 cm³/mol. The first kappa shape index (κ1) is 13.2. The molecule has 2 N–H and O–H groups in total. The van der Waals surface area contributed by atoms with Gasteiger partial charge in [0.25, 0.3) is 0 Å². The quantitative estimate of drug-likeness (QED) is 0.411. The highest BCUT2D eigenvalue weighted by atomic mass is 17.2. The Kier molecular flexibility index (Phi) is 8.28. The van der Waals surface area contributed by atoms with Gasteiger partial charge in [0.1, 0.15) is 0 Å². The molecule has 0 rings (SSSR count). The van der Waals surface area contributed by atoms with E-state index in [2.05, 4.69) is 18.1 Å². The third-order valence-corrected chi connectivity index (χ3v) is 1.08. The van der Waals surface area contributed by atoms with Gasteiger partial charge in [0.05, 0.1) is 20.2 Å². The molecule has 0 aromatic heterocycles. The highest BCUT2D eigenvalue weighted by Gasteiger charge is 2.10. The number of hydroxylamine groups is 4. The second kappa shape index (κ2) is 8.78. The Balaban J connectivity index is 3.95. The Morgan fingerprint density at radius 1 is 1.29 bits per heavy atom. The molecule has 0 unspecified atom stereocenters. The highest BCUT2D eigenvalue weighted by Crippen LogP contribution is 1.97. The number of nitrogens with one attached hydrogen (secondary N) is 1. The Hall–Kier alpha value is -0.800. The van der Waals surface area contributed by atoms with E-state index in [-0.39, 0.29) is 6.54 Å². The molecule has 0 atom stereocenters. The van der Waals surface area contributed by atoms with Gasteiger partial charge in [-0.1, -0.05) is 17.8 Å². The standard InChI is InChI=1S/C7H15N3O4/c1-4-6-9(12-3)14-10(7-5-2)13-8-11/h4-5,8,11H,1-2,6-7H2,3H3. The molecule has 0 saturated heterocycles. The zero-order valence-corrected chi connectivity index (χ0v) is 8.05. The van der Waals surface area contributed by atoms with Gasteiger partial charge in [0, 0.05) is 0 Å². The number of hydrogen-bond acceptors (Lipinski definition) is 7. The van der Waals surface area contributed by atoms with E-state index in [9.17, 15) is 0 Å². The van der Waals surface area contributed by atoms with Crippen LogP contribution in [0.1, 0.15) is 0 Å². The maximum absolute atomic E-state index is 8.27. The Labute approximate surface area is 82.5 Å². The van der Waals surface area contributed by atoms with Gasteiger partial charge in [-0.25, -0.2) is 0 Å². The second-order valence-corrected chi connectivity index (χ2v) is 2.05. The van der Waals surface area contributed by atoms with Crippen molar-refractivity contribution >= 4 is 0 Å². The minimum atomic E-state index is 0.227. The summed E-state index contributed by atoms with van der Waals surface area (Å²) in [7, 11) is 1.42. The van der Waals surface area contributed by atoms with Gasteiger partial charge >= 0.3 is 0 Å². The first-order valence-corrected chi connectivity index (χ1v) is 3.83. The van der Waals surface area contributed by atoms with Crippen molar-refractivity contribution < 1.29 is 19.9 Å². The van der Waals surface area contributed by atoms with E-state index in [0.29, 0.717) is 6.54 Å². The summed E-state index contributed by atoms with van der Waals surface area (Å²) in [5.74, 6) is 0. The minimum absolute atomic E-state index is 0.227. The summed E-state index contributed by atoms with van der Waals surface area (Å²) in [5, 5.41) is 10.3. The molecule has 0 fully saturated rings. The van der Waals surface area contributed by atoms with Crippen molar-refractivity contribution in [2.45, 2.75) is 0 Å². The fourth-order valence-corrected chi connectivity index (χ4v) is 0.586. The molecule has 0 saturated carbocycles. The predicted octanol–water partition coefficient (Wildman–Crippen LogP) is 0.196. The first-order valence-electron chi connectivity index (χ1n) is 3.83. The van der Waals surface area contributed by atoms with Gasteiger partial charge in [-0.05, 0) is 10.5 Å². The summed E-state index contributed by atoms with van der Waals surface area (Å²) in [6.07, 6.45) is 3.08. The molecular formula is C7H15N3O4. The van der Waals surface area contributed by atoms with Gasteiger partial charge in [-0.2, -0.15) is 9.88 Å². The largest absolute Gasteiger partial charge is 0.291 e. The van der Waals surface area contributed by atoms with Crippen LogP contribution in [0, 0.1) is 0 Å². The lowest BCUT2D eigenvalue weighted by molar-refractivity contribution is -0.542. The Bertz CT molecular complexity index is 167. The van der Waals surface area contributed by atoms with Crippen LogP contribution in [0.25, 0.3) is 0 Å². The van der Waals surface area contributed by atoms with Crippen molar-refractivity contribution in [2.24, 2.45) is 0 Å². The van der Waals surface area contributed by atoms with E-state index in [1.165, 1.54) is 18.8 Å². The molecule has 0 aliphatic heterocycles. The molecule has 0 heterocycles. The third kappa shape index (κ3) is 5.78. The maximum atomic E-state index is 8.27. The summed E-state index contributed by atoms with van der Waals surface area (Å²) in [5.41, 5.74) is 1.47. The summed E-state index contributed by atoms with van der Waals surface area (Å²) in [6.45, 7) is 7.53. The lowest BCUT2D eigenvalue weighted by Crippen LogP contribution is -2.38. The van der Waals surface area contributed by atoms with Crippen molar-refractivity contribution in [3.05, 3.63) is 25.3 Å². The van der Waals surface area contributed by atoms with Gasteiger partial charge in [-0.15, -0.1) is 13.2 Å². The van der Waals surface area contributed by atoms with E-state index in [0.717, 1.165) is 10.5 Å². The van der Waals surface area contributed by atoms with Crippen molar-refractivity contribution in [3.63, 3.8) is 0 Å². The molecule has 0 aliphatic carbocycles. The normalized spacial score (nSPS) is 10.9. The van der Waals surface area contributed by atoms with Crippen LogP contribution in [-0.4, -0.2) is 35.9 Å². The van der Waals surface area contributed by atoms with E-state index in [1.807, 2.05) is 0 Å². The smallest absolute Gasteiger partial charge is 0.0736 e. The minimum Gasteiger partial charge on any atom is -0.291 e. The Morgan fingerprint density at radius 3 is 2.29 bits per heavy atom. The topological polar surface area (TPSA) is 66.4 Å². The monoisotopic (exact) mass is 205 g/mol. The van der Waals surface area contributed by atoms with Gasteiger partial charge < -0.3 is 0 Å². The molecule has 0 amide bonds. The number of nitrogens with zero attached hydrogens (tertiary/aromatic N) is 2. The van der Waals surface area contributed by atoms with Crippen LogP contribution >= 0.6 is 0 Å². The number of hydrogen-bond donors (Lipinski definition) is 2. The van der Waals surface area contributed by atoms with Crippen LogP contribution in [0.3, 0.4) is 0 Å². The first-order chi connectivity index (χ1) is 6.78. The lowest BCUT2D eigenvalue weighted by atomic mass is 10.6. The van der Waals surface area contributed by atoms with E-state index >= 15 is 0 Å². The highest BCUT2D eigenvalue weighted by molar-refractivity contribution is 4.67.